The van der Waals surface area contributed by atoms with Gasteiger partial charge >= 0.3 is 17.2 Å². The number of carbonyl (C=O) groups is 1. The van der Waals surface area contributed by atoms with Gasteiger partial charge in [0, 0.05) is 0 Å². The van der Waals surface area contributed by atoms with Crippen LogP contribution in [0.4, 0.5) is 17.6 Å². The van der Waals surface area contributed by atoms with Crippen molar-refractivity contribution in [2.45, 2.75) is 18.2 Å². The number of alkyl halides is 4. The Morgan fingerprint density at radius 3 is 2.52 bits per heavy atom. The average molecular weight is 403 g/mol. The third kappa shape index (κ3) is 3.32. The third-order valence-corrected chi connectivity index (χ3v) is 4.36. The lowest BCUT2D eigenvalue weighted by Crippen LogP contribution is -2.50. The molecule has 1 unspecified atom stereocenters. The molecular formula is C18H11ClF4O4. The van der Waals surface area contributed by atoms with E-state index in [9.17, 15) is 27.5 Å². The summed E-state index contributed by atoms with van der Waals surface area (Å²) >= 11 is 5.52. The number of benzene rings is 2. The van der Waals surface area contributed by atoms with Crippen LogP contribution in [0.3, 0.4) is 0 Å². The predicted molar refractivity (Wildman–Crippen MR) is 88.5 cm³/mol. The van der Waals surface area contributed by atoms with Gasteiger partial charge < -0.3 is 14.6 Å². The number of hydrogen-bond acceptors (Lipinski definition) is 3. The topological polar surface area (TPSA) is 55.8 Å². The number of ether oxygens (including phenoxy) is 2. The smallest absolute Gasteiger partial charge is 0.448 e. The fourth-order valence-electron chi connectivity index (χ4n) is 2.54. The Bertz CT molecular complexity index is 955. The summed E-state index contributed by atoms with van der Waals surface area (Å²) < 4.78 is 63.7. The molecule has 0 fully saturated rings. The van der Waals surface area contributed by atoms with Crippen LogP contribution < -0.4 is 9.47 Å². The molecule has 1 aliphatic rings. The predicted octanol–water partition coefficient (Wildman–Crippen LogP) is 5.28. The molecule has 0 saturated carbocycles. The Kier molecular flexibility index (Phi) is 4.55. The fraction of sp³-hybridized carbons (Fsp3) is 0.167. The van der Waals surface area contributed by atoms with Crippen LogP contribution in [-0.2, 0) is 4.79 Å². The quantitative estimate of drug-likeness (QED) is 0.560. The molecule has 1 atom stereocenters. The van der Waals surface area contributed by atoms with Gasteiger partial charge in [0.1, 0.15) is 28.6 Å². The van der Waals surface area contributed by atoms with Crippen LogP contribution in [0.2, 0.25) is 0 Å². The molecule has 0 bridgehead atoms. The Balaban J connectivity index is 2.11. The highest BCUT2D eigenvalue weighted by atomic mass is 35.5. The number of carboxylic acid groups (broad SMARTS) is 1. The maximum atomic E-state index is 13.3. The van der Waals surface area contributed by atoms with E-state index >= 15 is 0 Å². The number of fused-ring (bicyclic) bond motifs is 1. The molecule has 1 N–H and O–H groups in total. The SMILES string of the molecule is Cc1cc(F)ccc1Oc1cccc2c1C=C(C(=O)O)C(Cl)(C(F)(F)F)O2. The minimum absolute atomic E-state index is 0.0286. The van der Waals surface area contributed by atoms with Crippen LogP contribution in [0.5, 0.6) is 17.2 Å². The van der Waals surface area contributed by atoms with Crippen LogP contribution in [0.15, 0.2) is 42.0 Å². The van der Waals surface area contributed by atoms with Crippen molar-refractivity contribution in [2.24, 2.45) is 0 Å². The molecule has 0 saturated heterocycles. The molecule has 2 aromatic rings. The van der Waals surface area contributed by atoms with Crippen molar-refractivity contribution in [3.8, 4) is 17.2 Å². The van der Waals surface area contributed by atoms with Gasteiger partial charge in [-0.2, -0.15) is 13.2 Å². The van der Waals surface area contributed by atoms with Gasteiger partial charge in [-0.15, -0.1) is 0 Å². The van der Waals surface area contributed by atoms with Gasteiger partial charge in [-0.05, 0) is 48.9 Å². The highest BCUT2D eigenvalue weighted by Gasteiger charge is 2.62. The molecule has 9 heteroatoms. The Morgan fingerprint density at radius 2 is 1.93 bits per heavy atom. The van der Waals surface area contributed by atoms with Crippen LogP contribution in [0, 0.1) is 12.7 Å². The first-order valence-electron chi connectivity index (χ1n) is 7.50. The van der Waals surface area contributed by atoms with Crippen LogP contribution in [0.1, 0.15) is 11.1 Å². The van der Waals surface area contributed by atoms with Crippen LogP contribution in [-0.4, -0.2) is 22.3 Å². The number of aliphatic carboxylic acids is 1. The second kappa shape index (κ2) is 6.45. The molecule has 0 amide bonds. The second-order valence-corrected chi connectivity index (χ2v) is 6.27. The molecule has 0 aromatic heterocycles. The summed E-state index contributed by atoms with van der Waals surface area (Å²) in [6.45, 7) is 1.58. The van der Waals surface area contributed by atoms with Crippen molar-refractivity contribution >= 4 is 23.6 Å². The van der Waals surface area contributed by atoms with Gasteiger partial charge in [0.05, 0.1) is 5.56 Å². The van der Waals surface area contributed by atoms with Gasteiger partial charge in [-0.3, -0.25) is 0 Å². The Labute approximate surface area is 155 Å². The largest absolute Gasteiger partial charge is 0.478 e. The summed E-state index contributed by atoms with van der Waals surface area (Å²) in [5.74, 6) is -2.40. The monoisotopic (exact) mass is 402 g/mol. The first-order chi connectivity index (χ1) is 12.5. The van der Waals surface area contributed by atoms with Crippen LogP contribution >= 0.6 is 11.6 Å². The number of rotatable bonds is 3. The molecule has 1 heterocycles. The molecule has 27 heavy (non-hydrogen) atoms. The molecule has 0 radical (unpaired) electrons. The molecule has 0 spiro atoms. The zero-order valence-electron chi connectivity index (χ0n) is 13.6. The summed E-state index contributed by atoms with van der Waals surface area (Å²) in [5.41, 5.74) is -0.788. The molecule has 2 aromatic carbocycles. The molecular weight excluding hydrogens is 392 g/mol. The lowest BCUT2D eigenvalue weighted by Gasteiger charge is -2.34. The van der Waals surface area contributed by atoms with Gasteiger partial charge in [0.2, 0.25) is 0 Å². The van der Waals surface area contributed by atoms with Gasteiger partial charge in [0.15, 0.2) is 0 Å². The van der Waals surface area contributed by atoms with E-state index in [1.165, 1.54) is 30.3 Å². The van der Waals surface area contributed by atoms with E-state index in [4.69, 9.17) is 21.1 Å². The zero-order chi connectivity index (χ0) is 20.0. The minimum atomic E-state index is -5.18. The zero-order valence-corrected chi connectivity index (χ0v) is 14.4. The Morgan fingerprint density at radius 1 is 1.22 bits per heavy atom. The van der Waals surface area contributed by atoms with Crippen molar-refractivity contribution < 1.29 is 36.9 Å². The van der Waals surface area contributed by atoms with Crippen molar-refractivity contribution in [1.82, 2.24) is 0 Å². The molecule has 1 aliphatic heterocycles. The highest BCUT2D eigenvalue weighted by Crippen LogP contribution is 2.50. The minimum Gasteiger partial charge on any atom is -0.478 e. The average Bonchev–Trinajstić information content (AvgIpc) is 2.55. The van der Waals surface area contributed by atoms with E-state index in [2.05, 4.69) is 0 Å². The van der Waals surface area contributed by atoms with E-state index < -0.39 is 28.6 Å². The summed E-state index contributed by atoms with van der Waals surface area (Å²) in [6, 6.07) is 7.69. The van der Waals surface area contributed by atoms with Crippen molar-refractivity contribution in [3.05, 3.63) is 58.9 Å². The first kappa shape index (κ1) is 19.0. The van der Waals surface area contributed by atoms with Crippen molar-refractivity contribution in [3.63, 3.8) is 0 Å². The van der Waals surface area contributed by atoms with Gasteiger partial charge in [-0.1, -0.05) is 17.7 Å². The van der Waals surface area contributed by atoms with Crippen molar-refractivity contribution in [2.75, 3.05) is 0 Å². The highest BCUT2D eigenvalue weighted by molar-refractivity contribution is 6.29. The number of halogens is 5. The summed E-state index contributed by atoms with van der Waals surface area (Å²) in [4.78, 5) is 11.4. The Hall–Kier alpha value is -2.74. The third-order valence-electron chi connectivity index (χ3n) is 3.86. The molecule has 4 nitrogen and oxygen atoms in total. The maximum absolute atomic E-state index is 13.3. The van der Waals surface area contributed by atoms with E-state index in [1.807, 2.05) is 0 Å². The molecule has 0 aliphatic carbocycles. The maximum Gasteiger partial charge on any atom is 0.448 e. The van der Waals surface area contributed by atoms with E-state index in [1.54, 1.807) is 6.92 Å². The summed E-state index contributed by atoms with van der Waals surface area (Å²) in [6.07, 6.45) is -4.42. The van der Waals surface area contributed by atoms with E-state index in [-0.39, 0.29) is 22.8 Å². The first-order valence-corrected chi connectivity index (χ1v) is 7.88. The van der Waals surface area contributed by atoms with E-state index in [0.29, 0.717) is 5.56 Å². The normalized spacial score (nSPS) is 19.0. The van der Waals surface area contributed by atoms with E-state index in [0.717, 1.165) is 12.1 Å². The van der Waals surface area contributed by atoms with Gasteiger partial charge in [-0.25, -0.2) is 9.18 Å². The standard InChI is InChI=1S/C18H11ClF4O4/c1-9-7-10(20)5-6-13(9)26-14-3-2-4-15-11(14)8-12(16(24)25)17(19,27-15)18(21,22)23/h2-8H,1H3,(H,24,25). The summed E-state index contributed by atoms with van der Waals surface area (Å²) in [7, 11) is 0. The second-order valence-electron chi connectivity index (χ2n) is 5.74. The van der Waals surface area contributed by atoms with Crippen molar-refractivity contribution in [1.29, 1.82) is 0 Å². The fourth-order valence-corrected chi connectivity index (χ4v) is 2.76. The summed E-state index contributed by atoms with van der Waals surface area (Å²) in [5, 5.41) is 5.67. The molecule has 3 rings (SSSR count). The molecule has 142 valence electrons. The lowest BCUT2D eigenvalue weighted by molar-refractivity contribution is -0.204. The number of carboxylic acids is 1. The van der Waals surface area contributed by atoms with Crippen LogP contribution in [0.25, 0.3) is 6.08 Å². The van der Waals surface area contributed by atoms with Gasteiger partial charge in [0.25, 0.3) is 0 Å². The number of hydrogen-bond donors (Lipinski definition) is 1. The number of aryl methyl sites for hydroxylation is 1. The lowest BCUT2D eigenvalue weighted by atomic mass is 10.00.